The molecular weight excluding hydrogens is 277 g/mol. The molecule has 1 heterocycles. The molecule has 1 unspecified atom stereocenters. The maximum atomic E-state index is 11.9. The number of rotatable bonds is 6. The van der Waals surface area contributed by atoms with Crippen LogP contribution in [0.2, 0.25) is 0 Å². The van der Waals surface area contributed by atoms with E-state index in [1.165, 1.54) is 12.1 Å². The molecule has 0 saturated carbocycles. The number of halogens is 3. The molecule has 0 fully saturated rings. The van der Waals surface area contributed by atoms with Gasteiger partial charge >= 0.3 is 6.18 Å². The van der Waals surface area contributed by atoms with E-state index in [0.29, 0.717) is 6.42 Å². The molecular formula is C12H15F3N2O3. The lowest BCUT2D eigenvalue weighted by Crippen LogP contribution is -2.33. The molecule has 0 radical (unpaired) electrons. The van der Waals surface area contributed by atoms with Crippen LogP contribution >= 0.6 is 0 Å². The van der Waals surface area contributed by atoms with Crippen LogP contribution in [-0.4, -0.2) is 41.4 Å². The quantitative estimate of drug-likeness (QED) is 0.834. The third kappa shape index (κ3) is 5.87. The van der Waals surface area contributed by atoms with Crippen LogP contribution in [0.15, 0.2) is 18.3 Å². The van der Waals surface area contributed by atoms with Crippen molar-refractivity contribution in [2.45, 2.75) is 25.6 Å². The molecule has 0 saturated heterocycles. The Hall–Kier alpha value is -1.83. The van der Waals surface area contributed by atoms with Crippen molar-refractivity contribution in [3.8, 4) is 5.88 Å². The average molecular weight is 292 g/mol. The van der Waals surface area contributed by atoms with Gasteiger partial charge in [0, 0.05) is 24.9 Å². The Balaban J connectivity index is 2.55. The maximum Gasteiger partial charge on any atom is 0.422 e. The van der Waals surface area contributed by atoms with Gasteiger partial charge in [-0.3, -0.25) is 4.79 Å². The summed E-state index contributed by atoms with van der Waals surface area (Å²) in [7, 11) is 0. The molecule has 0 aliphatic heterocycles. The van der Waals surface area contributed by atoms with Crippen LogP contribution in [0.4, 0.5) is 13.2 Å². The topological polar surface area (TPSA) is 71.5 Å². The first kappa shape index (κ1) is 16.2. The number of hydrogen-bond acceptors (Lipinski definition) is 4. The Morgan fingerprint density at radius 3 is 2.70 bits per heavy atom. The van der Waals surface area contributed by atoms with Crippen molar-refractivity contribution < 1.29 is 27.8 Å². The Kier molecular flexibility index (Phi) is 5.75. The molecule has 0 aliphatic rings. The molecule has 0 spiro atoms. The summed E-state index contributed by atoms with van der Waals surface area (Å²) in [5, 5.41) is 11.3. The van der Waals surface area contributed by atoms with Gasteiger partial charge in [0.2, 0.25) is 5.88 Å². The van der Waals surface area contributed by atoms with Gasteiger partial charge in [-0.2, -0.15) is 13.2 Å². The van der Waals surface area contributed by atoms with E-state index in [-0.39, 0.29) is 24.1 Å². The zero-order chi connectivity index (χ0) is 15.2. The minimum absolute atomic E-state index is 0.0517. The molecule has 20 heavy (non-hydrogen) atoms. The van der Waals surface area contributed by atoms with Crippen LogP contribution < -0.4 is 10.1 Å². The van der Waals surface area contributed by atoms with Gasteiger partial charge in [-0.05, 0) is 19.4 Å². The lowest BCUT2D eigenvalue weighted by molar-refractivity contribution is -0.154. The molecule has 5 nitrogen and oxygen atoms in total. The largest absolute Gasteiger partial charge is 0.468 e. The Bertz CT molecular complexity index is 435. The number of carbonyl (C=O) groups is 1. The standard InChI is InChI=1S/C12H15F3N2O3/c1-8(4-5-18)17-11(19)9-2-3-10(16-6-9)20-7-12(13,14)15/h2-3,6,8,18H,4-5,7H2,1H3,(H,17,19). The molecule has 0 aromatic carbocycles. The number of nitrogens with one attached hydrogen (secondary N) is 1. The molecule has 2 N–H and O–H groups in total. The SMILES string of the molecule is CC(CCO)NC(=O)c1ccc(OCC(F)(F)F)nc1. The van der Waals surface area contributed by atoms with Crippen LogP contribution in [0.3, 0.4) is 0 Å². The van der Waals surface area contributed by atoms with Crippen molar-refractivity contribution in [3.05, 3.63) is 23.9 Å². The van der Waals surface area contributed by atoms with Gasteiger partial charge in [0.05, 0.1) is 5.56 Å². The van der Waals surface area contributed by atoms with E-state index in [4.69, 9.17) is 5.11 Å². The molecule has 1 amide bonds. The molecule has 1 rings (SSSR count). The summed E-state index contributed by atoms with van der Waals surface area (Å²) in [5.41, 5.74) is 0.203. The monoisotopic (exact) mass is 292 g/mol. The second kappa shape index (κ2) is 7.09. The van der Waals surface area contributed by atoms with Crippen molar-refractivity contribution in [2.24, 2.45) is 0 Å². The summed E-state index contributed by atoms with van der Waals surface area (Å²) >= 11 is 0. The number of aliphatic hydroxyl groups is 1. The number of ether oxygens (including phenoxy) is 1. The molecule has 0 aliphatic carbocycles. The van der Waals surface area contributed by atoms with E-state index in [9.17, 15) is 18.0 Å². The van der Waals surface area contributed by atoms with Crippen LogP contribution in [0, 0.1) is 0 Å². The first-order valence-electron chi connectivity index (χ1n) is 5.89. The Morgan fingerprint density at radius 2 is 2.20 bits per heavy atom. The van der Waals surface area contributed by atoms with Crippen LogP contribution in [0.1, 0.15) is 23.7 Å². The highest BCUT2D eigenvalue weighted by atomic mass is 19.4. The lowest BCUT2D eigenvalue weighted by Gasteiger charge is -2.12. The van der Waals surface area contributed by atoms with Gasteiger partial charge < -0.3 is 15.2 Å². The zero-order valence-electron chi connectivity index (χ0n) is 10.8. The fourth-order valence-corrected chi connectivity index (χ4v) is 1.33. The number of alkyl halides is 3. The highest BCUT2D eigenvalue weighted by Crippen LogP contribution is 2.17. The fraction of sp³-hybridized carbons (Fsp3) is 0.500. The number of hydrogen-bond donors (Lipinski definition) is 2. The number of amides is 1. The highest BCUT2D eigenvalue weighted by Gasteiger charge is 2.28. The van der Waals surface area contributed by atoms with Crippen LogP contribution in [0.5, 0.6) is 5.88 Å². The Labute approximate surface area is 113 Å². The normalized spacial score (nSPS) is 12.8. The van der Waals surface area contributed by atoms with Crippen LogP contribution in [0.25, 0.3) is 0 Å². The first-order valence-corrected chi connectivity index (χ1v) is 5.89. The number of pyridine rings is 1. The van der Waals surface area contributed by atoms with Crippen molar-refractivity contribution in [1.82, 2.24) is 10.3 Å². The molecule has 8 heteroatoms. The smallest absolute Gasteiger partial charge is 0.422 e. The van der Waals surface area contributed by atoms with E-state index in [2.05, 4.69) is 15.0 Å². The van der Waals surface area contributed by atoms with Crippen molar-refractivity contribution in [1.29, 1.82) is 0 Å². The predicted molar refractivity (Wildman–Crippen MR) is 64.4 cm³/mol. The summed E-state index contributed by atoms with van der Waals surface area (Å²) in [6.07, 6.45) is -2.89. The van der Waals surface area contributed by atoms with Crippen molar-refractivity contribution >= 4 is 5.91 Å². The van der Waals surface area contributed by atoms with E-state index in [0.717, 1.165) is 6.20 Å². The number of aliphatic hydroxyl groups excluding tert-OH is 1. The molecule has 0 bridgehead atoms. The molecule has 1 atom stereocenters. The van der Waals surface area contributed by atoms with Gasteiger partial charge in [-0.15, -0.1) is 0 Å². The summed E-state index contributed by atoms with van der Waals surface area (Å²) in [6, 6.07) is 2.30. The highest BCUT2D eigenvalue weighted by molar-refractivity contribution is 5.94. The Morgan fingerprint density at radius 1 is 1.50 bits per heavy atom. The molecule has 1 aromatic rings. The third-order valence-electron chi connectivity index (χ3n) is 2.32. The van der Waals surface area contributed by atoms with Gasteiger partial charge in [0.1, 0.15) is 0 Å². The minimum atomic E-state index is -4.43. The van der Waals surface area contributed by atoms with E-state index < -0.39 is 18.7 Å². The first-order chi connectivity index (χ1) is 9.31. The second-order valence-corrected chi connectivity index (χ2v) is 4.18. The van der Waals surface area contributed by atoms with Gasteiger partial charge in [0.25, 0.3) is 5.91 Å². The summed E-state index contributed by atoms with van der Waals surface area (Å²) < 4.78 is 40.2. The maximum absolute atomic E-state index is 11.9. The molecule has 112 valence electrons. The van der Waals surface area contributed by atoms with Gasteiger partial charge in [-0.1, -0.05) is 0 Å². The predicted octanol–water partition coefficient (Wildman–Crippen LogP) is 1.52. The van der Waals surface area contributed by atoms with Crippen molar-refractivity contribution in [3.63, 3.8) is 0 Å². The second-order valence-electron chi connectivity index (χ2n) is 4.18. The lowest BCUT2D eigenvalue weighted by atomic mass is 10.2. The molecule has 1 aromatic heterocycles. The minimum Gasteiger partial charge on any atom is -0.468 e. The number of nitrogens with zero attached hydrogens (tertiary/aromatic N) is 1. The summed E-state index contributed by atoms with van der Waals surface area (Å²) in [5.74, 6) is -0.622. The van der Waals surface area contributed by atoms with E-state index >= 15 is 0 Å². The van der Waals surface area contributed by atoms with E-state index in [1.54, 1.807) is 6.92 Å². The van der Waals surface area contributed by atoms with Gasteiger partial charge in [0.15, 0.2) is 6.61 Å². The average Bonchev–Trinajstić information content (AvgIpc) is 2.36. The third-order valence-corrected chi connectivity index (χ3v) is 2.32. The number of carbonyl (C=O) groups excluding carboxylic acids is 1. The van der Waals surface area contributed by atoms with Gasteiger partial charge in [-0.25, -0.2) is 4.98 Å². The number of aromatic nitrogens is 1. The summed E-state index contributed by atoms with van der Waals surface area (Å²) in [4.78, 5) is 15.3. The van der Waals surface area contributed by atoms with Crippen molar-refractivity contribution in [2.75, 3.05) is 13.2 Å². The van der Waals surface area contributed by atoms with Crippen LogP contribution in [-0.2, 0) is 0 Å². The van der Waals surface area contributed by atoms with E-state index in [1.807, 2.05) is 0 Å². The summed E-state index contributed by atoms with van der Waals surface area (Å²) in [6.45, 7) is 0.241. The fourth-order valence-electron chi connectivity index (χ4n) is 1.33. The zero-order valence-corrected chi connectivity index (χ0v) is 10.8.